The molecule has 0 radical (unpaired) electrons. The number of aromatic nitrogens is 1. The minimum absolute atomic E-state index is 0.110. The first-order valence-corrected chi connectivity index (χ1v) is 11.8. The number of amides is 1. The lowest BCUT2D eigenvalue weighted by molar-refractivity contribution is -0.134. The van der Waals surface area contributed by atoms with E-state index >= 15 is 0 Å². The smallest absolute Gasteiger partial charge is 0.250 e. The van der Waals surface area contributed by atoms with Gasteiger partial charge < -0.3 is 9.88 Å². The Labute approximate surface area is 184 Å². The topological polar surface area (TPSA) is 54.3 Å². The zero-order chi connectivity index (χ0) is 21.6. The van der Waals surface area contributed by atoms with Gasteiger partial charge in [0, 0.05) is 43.0 Å². The summed E-state index contributed by atoms with van der Waals surface area (Å²) >= 11 is 0. The summed E-state index contributed by atoms with van der Waals surface area (Å²) in [5.41, 5.74) is 2.81. The standard InChI is InChI=1S/C26H33N3O2/c1-18-10-12-26(13-11-18,25(31)27-22-7-4-3-6-19(22)2)28-15-20-14-21(17-28)23-8-5-9-24(30)29(23)16-20/h3-9,18,20-21H,10-17H2,1-2H3,(H,27,31)/t18?,20-,21-,26?/m0/s1. The van der Waals surface area contributed by atoms with E-state index in [0.717, 1.165) is 68.7 Å². The summed E-state index contributed by atoms with van der Waals surface area (Å²) in [6.45, 7) is 6.87. The molecule has 1 N–H and O–H groups in total. The molecule has 1 aromatic carbocycles. The third-order valence-corrected chi connectivity index (χ3v) is 8.00. The van der Waals surface area contributed by atoms with Gasteiger partial charge in [0.25, 0.3) is 5.56 Å². The van der Waals surface area contributed by atoms with E-state index in [-0.39, 0.29) is 11.5 Å². The number of benzene rings is 1. The van der Waals surface area contributed by atoms with Crippen LogP contribution in [-0.4, -0.2) is 34.0 Å². The van der Waals surface area contributed by atoms with Crippen LogP contribution in [-0.2, 0) is 11.3 Å². The normalized spacial score (nSPS) is 30.5. The number of para-hydroxylation sites is 1. The van der Waals surface area contributed by atoms with Gasteiger partial charge in [-0.25, -0.2) is 0 Å². The lowest BCUT2D eigenvalue weighted by atomic mass is 9.72. The van der Waals surface area contributed by atoms with E-state index in [2.05, 4.69) is 23.2 Å². The zero-order valence-electron chi connectivity index (χ0n) is 18.6. The van der Waals surface area contributed by atoms with Crippen molar-refractivity contribution in [2.45, 2.75) is 64.0 Å². The van der Waals surface area contributed by atoms with Crippen molar-refractivity contribution in [2.24, 2.45) is 11.8 Å². The number of pyridine rings is 1. The van der Waals surface area contributed by atoms with Crippen molar-refractivity contribution >= 4 is 11.6 Å². The van der Waals surface area contributed by atoms with Crippen LogP contribution in [0.4, 0.5) is 5.69 Å². The van der Waals surface area contributed by atoms with Crippen LogP contribution < -0.4 is 10.9 Å². The van der Waals surface area contributed by atoms with Crippen molar-refractivity contribution in [3.8, 4) is 0 Å². The van der Waals surface area contributed by atoms with Gasteiger partial charge in [-0.2, -0.15) is 0 Å². The summed E-state index contributed by atoms with van der Waals surface area (Å²) in [6.07, 6.45) is 5.11. The molecule has 3 aliphatic rings. The zero-order valence-corrected chi connectivity index (χ0v) is 18.6. The first kappa shape index (κ1) is 20.5. The number of likely N-dealkylation sites (tertiary alicyclic amines) is 1. The molecule has 5 rings (SSSR count). The quantitative estimate of drug-likeness (QED) is 0.813. The average molecular weight is 420 g/mol. The predicted octanol–water partition coefficient (Wildman–Crippen LogP) is 4.16. The fourth-order valence-corrected chi connectivity index (χ4v) is 6.12. The monoisotopic (exact) mass is 419 g/mol. The lowest BCUT2D eigenvalue weighted by Gasteiger charge is -2.52. The Morgan fingerprint density at radius 3 is 2.58 bits per heavy atom. The molecule has 164 valence electrons. The third kappa shape index (κ3) is 3.63. The number of carbonyl (C=O) groups is 1. The number of anilines is 1. The lowest BCUT2D eigenvalue weighted by Crippen LogP contribution is -2.63. The highest BCUT2D eigenvalue weighted by atomic mass is 16.2. The molecule has 3 heterocycles. The van der Waals surface area contributed by atoms with Gasteiger partial charge in [0.05, 0.1) is 0 Å². The SMILES string of the molecule is Cc1ccccc1NC(=O)C1(N2C[C@@H]3C[C@@H](C2)c2cccc(=O)n2C3)CCC(C)CC1. The molecule has 0 spiro atoms. The third-order valence-electron chi connectivity index (χ3n) is 8.00. The van der Waals surface area contributed by atoms with Gasteiger partial charge >= 0.3 is 0 Å². The second-order valence-electron chi connectivity index (χ2n) is 10.1. The van der Waals surface area contributed by atoms with Crippen molar-refractivity contribution in [1.82, 2.24) is 9.47 Å². The molecule has 2 atom stereocenters. The Kier molecular flexibility index (Phi) is 5.25. The van der Waals surface area contributed by atoms with Crippen molar-refractivity contribution in [3.05, 3.63) is 64.1 Å². The van der Waals surface area contributed by atoms with E-state index < -0.39 is 5.54 Å². The molecular weight excluding hydrogens is 386 g/mol. The maximum Gasteiger partial charge on any atom is 0.250 e. The maximum absolute atomic E-state index is 13.9. The van der Waals surface area contributed by atoms with Crippen molar-refractivity contribution < 1.29 is 4.79 Å². The highest BCUT2D eigenvalue weighted by Crippen LogP contribution is 2.43. The molecule has 2 aliphatic heterocycles. The number of nitrogens with one attached hydrogen (secondary N) is 1. The second kappa shape index (κ2) is 7.94. The van der Waals surface area contributed by atoms with E-state index in [1.165, 1.54) is 0 Å². The fraction of sp³-hybridized carbons (Fsp3) is 0.538. The van der Waals surface area contributed by atoms with Crippen molar-refractivity contribution in [2.75, 3.05) is 18.4 Å². The molecule has 0 unspecified atom stereocenters. The summed E-state index contributed by atoms with van der Waals surface area (Å²) in [5, 5.41) is 3.29. The van der Waals surface area contributed by atoms with Gasteiger partial charge in [-0.05, 0) is 68.6 Å². The van der Waals surface area contributed by atoms with Crippen LogP contribution in [0, 0.1) is 18.8 Å². The number of nitrogens with zero attached hydrogens (tertiary/aromatic N) is 2. The first-order valence-electron chi connectivity index (χ1n) is 11.8. The van der Waals surface area contributed by atoms with Gasteiger partial charge in [-0.3, -0.25) is 14.5 Å². The molecule has 1 amide bonds. The minimum Gasteiger partial charge on any atom is -0.324 e. The molecule has 1 aromatic heterocycles. The highest BCUT2D eigenvalue weighted by molar-refractivity contribution is 5.98. The van der Waals surface area contributed by atoms with Crippen LogP contribution >= 0.6 is 0 Å². The molecule has 2 bridgehead atoms. The Balaban J connectivity index is 1.46. The molecule has 1 saturated carbocycles. The van der Waals surface area contributed by atoms with Crippen LogP contribution in [0.25, 0.3) is 0 Å². The van der Waals surface area contributed by atoms with E-state index in [9.17, 15) is 9.59 Å². The van der Waals surface area contributed by atoms with Crippen LogP contribution in [0.3, 0.4) is 0 Å². The van der Waals surface area contributed by atoms with Gasteiger partial charge in [0.1, 0.15) is 5.54 Å². The number of piperidine rings is 1. The van der Waals surface area contributed by atoms with Gasteiger partial charge in [-0.1, -0.05) is 31.2 Å². The number of hydrogen-bond donors (Lipinski definition) is 1. The Morgan fingerprint density at radius 2 is 1.81 bits per heavy atom. The van der Waals surface area contributed by atoms with E-state index in [1.807, 2.05) is 41.8 Å². The molecule has 5 heteroatoms. The van der Waals surface area contributed by atoms with Crippen LogP contribution in [0.2, 0.25) is 0 Å². The molecule has 1 saturated heterocycles. The summed E-state index contributed by atoms with van der Waals surface area (Å²) in [6, 6.07) is 13.7. The Bertz CT molecular complexity index is 1030. The Morgan fingerprint density at radius 1 is 1.03 bits per heavy atom. The molecule has 31 heavy (non-hydrogen) atoms. The number of fused-ring (bicyclic) bond motifs is 4. The highest BCUT2D eigenvalue weighted by Gasteiger charge is 2.49. The number of aryl methyl sites for hydroxylation is 1. The largest absolute Gasteiger partial charge is 0.324 e. The second-order valence-corrected chi connectivity index (χ2v) is 10.1. The van der Waals surface area contributed by atoms with Gasteiger partial charge in [-0.15, -0.1) is 0 Å². The summed E-state index contributed by atoms with van der Waals surface area (Å²) in [5.74, 6) is 1.57. The maximum atomic E-state index is 13.9. The average Bonchev–Trinajstić information content (AvgIpc) is 2.77. The number of carbonyl (C=O) groups excluding carboxylic acids is 1. The minimum atomic E-state index is -0.455. The summed E-state index contributed by atoms with van der Waals surface area (Å²) in [4.78, 5) is 28.8. The summed E-state index contributed by atoms with van der Waals surface area (Å²) < 4.78 is 1.97. The molecule has 2 aromatic rings. The van der Waals surface area contributed by atoms with Gasteiger partial charge in [0.2, 0.25) is 5.91 Å². The van der Waals surface area contributed by atoms with Gasteiger partial charge in [0.15, 0.2) is 0 Å². The van der Waals surface area contributed by atoms with Crippen LogP contribution in [0.15, 0.2) is 47.3 Å². The van der Waals surface area contributed by atoms with Crippen molar-refractivity contribution in [3.63, 3.8) is 0 Å². The Hall–Kier alpha value is -2.40. The van der Waals surface area contributed by atoms with E-state index in [1.54, 1.807) is 6.07 Å². The van der Waals surface area contributed by atoms with Crippen LogP contribution in [0.5, 0.6) is 0 Å². The van der Waals surface area contributed by atoms with Crippen molar-refractivity contribution in [1.29, 1.82) is 0 Å². The molecular formula is C26H33N3O2. The van der Waals surface area contributed by atoms with E-state index in [4.69, 9.17) is 0 Å². The van der Waals surface area contributed by atoms with Crippen LogP contribution in [0.1, 0.15) is 56.2 Å². The molecule has 1 aliphatic carbocycles. The predicted molar refractivity (Wildman–Crippen MR) is 123 cm³/mol. The number of rotatable bonds is 3. The summed E-state index contributed by atoms with van der Waals surface area (Å²) in [7, 11) is 0. The molecule has 2 fully saturated rings. The fourth-order valence-electron chi connectivity index (χ4n) is 6.12. The molecule has 5 nitrogen and oxygen atoms in total. The number of hydrogen-bond acceptors (Lipinski definition) is 3. The van der Waals surface area contributed by atoms with E-state index in [0.29, 0.717) is 17.8 Å². The first-order chi connectivity index (χ1) is 15.0.